The molecule has 0 atom stereocenters. The number of carbonyl (C=O) groups excluding carboxylic acids is 1. The monoisotopic (exact) mass is 380 g/mol. The smallest absolute Gasteiger partial charge is 0.239 e. The molecular weight excluding hydrogens is 352 g/mol. The fourth-order valence-corrected chi connectivity index (χ4v) is 2.28. The first-order chi connectivity index (χ1) is 11.8. The zero-order valence-electron chi connectivity index (χ0n) is 16.1. The number of nitrogens with one attached hydrogen (secondary N) is 2. The van der Waals surface area contributed by atoms with E-state index in [1.54, 1.807) is 11.8 Å². The summed E-state index contributed by atoms with van der Waals surface area (Å²) in [5, 5.41) is 10.7. The Morgan fingerprint density at radius 1 is 1.23 bits per heavy atom. The molecule has 7 heteroatoms. The molecule has 0 fully saturated rings. The zero-order chi connectivity index (χ0) is 18.4. The van der Waals surface area contributed by atoms with E-state index in [1.807, 2.05) is 37.3 Å². The molecule has 1 heterocycles. The van der Waals surface area contributed by atoms with Crippen LogP contribution in [-0.4, -0.2) is 42.5 Å². The van der Waals surface area contributed by atoms with Crippen molar-refractivity contribution in [1.82, 2.24) is 15.1 Å². The number of methoxy groups -OCH3 is 1. The van der Waals surface area contributed by atoms with Crippen molar-refractivity contribution in [3.8, 4) is 5.69 Å². The van der Waals surface area contributed by atoms with E-state index in [1.165, 1.54) is 5.56 Å². The standard InChI is InChI=1S/C19H28N4O2.ClH/c1-14-6-8-15(9-7-14)23-17(12-16(22-23)19(2,3)4)21-18(24)13-20-10-11-25-5;/h6-9,12,20H,10-11,13H2,1-5H3,(H,21,24);1H. The third-order valence-electron chi connectivity index (χ3n) is 3.79. The number of benzene rings is 1. The number of hydrogen-bond donors (Lipinski definition) is 2. The fourth-order valence-electron chi connectivity index (χ4n) is 2.28. The van der Waals surface area contributed by atoms with Gasteiger partial charge >= 0.3 is 0 Å². The minimum atomic E-state index is -0.107. The molecule has 0 aliphatic rings. The largest absolute Gasteiger partial charge is 0.383 e. The van der Waals surface area contributed by atoms with E-state index in [9.17, 15) is 4.79 Å². The maximum Gasteiger partial charge on any atom is 0.239 e. The van der Waals surface area contributed by atoms with E-state index in [-0.39, 0.29) is 30.3 Å². The molecule has 0 aliphatic heterocycles. The summed E-state index contributed by atoms with van der Waals surface area (Å²) in [7, 11) is 1.63. The average Bonchev–Trinajstić information content (AvgIpc) is 2.96. The maximum absolute atomic E-state index is 12.2. The van der Waals surface area contributed by atoms with Crippen LogP contribution in [0.3, 0.4) is 0 Å². The van der Waals surface area contributed by atoms with E-state index in [0.29, 0.717) is 19.0 Å². The summed E-state index contributed by atoms with van der Waals surface area (Å²) in [6.07, 6.45) is 0. The minimum absolute atomic E-state index is 0. The van der Waals surface area contributed by atoms with Crippen LogP contribution < -0.4 is 10.6 Å². The van der Waals surface area contributed by atoms with Gasteiger partial charge in [-0.15, -0.1) is 12.4 Å². The van der Waals surface area contributed by atoms with Crippen LogP contribution in [0.5, 0.6) is 0 Å². The maximum atomic E-state index is 12.2. The Bertz CT molecular complexity index is 705. The molecule has 26 heavy (non-hydrogen) atoms. The van der Waals surface area contributed by atoms with Crippen molar-refractivity contribution in [2.75, 3.05) is 32.1 Å². The van der Waals surface area contributed by atoms with E-state index >= 15 is 0 Å². The van der Waals surface area contributed by atoms with Crippen molar-refractivity contribution >= 4 is 24.1 Å². The Balaban J connectivity index is 0.00000338. The number of anilines is 1. The van der Waals surface area contributed by atoms with Crippen molar-refractivity contribution in [2.45, 2.75) is 33.1 Å². The van der Waals surface area contributed by atoms with Gasteiger partial charge in [0.2, 0.25) is 5.91 Å². The van der Waals surface area contributed by atoms with Crippen LogP contribution in [-0.2, 0) is 14.9 Å². The van der Waals surface area contributed by atoms with Crippen molar-refractivity contribution in [3.63, 3.8) is 0 Å². The van der Waals surface area contributed by atoms with Crippen molar-refractivity contribution in [1.29, 1.82) is 0 Å². The molecule has 2 N–H and O–H groups in total. The number of aryl methyl sites for hydroxylation is 1. The summed E-state index contributed by atoms with van der Waals surface area (Å²) in [6, 6.07) is 10.0. The van der Waals surface area contributed by atoms with E-state index in [0.717, 1.165) is 11.4 Å². The number of carbonyl (C=O) groups is 1. The summed E-state index contributed by atoms with van der Waals surface area (Å²) in [4.78, 5) is 12.2. The Kier molecular flexibility index (Phi) is 8.27. The molecule has 1 aromatic heterocycles. The molecular formula is C19H29ClN4O2. The summed E-state index contributed by atoms with van der Waals surface area (Å²) < 4.78 is 6.75. The van der Waals surface area contributed by atoms with Gasteiger partial charge in [0.25, 0.3) is 0 Å². The lowest BCUT2D eigenvalue weighted by atomic mass is 9.92. The topological polar surface area (TPSA) is 68.2 Å². The zero-order valence-corrected chi connectivity index (χ0v) is 16.9. The molecule has 1 aromatic carbocycles. The average molecular weight is 381 g/mol. The molecule has 2 rings (SSSR count). The number of aromatic nitrogens is 2. The molecule has 0 spiro atoms. The van der Waals surface area contributed by atoms with Crippen LogP contribution in [0.4, 0.5) is 5.82 Å². The Morgan fingerprint density at radius 2 is 1.88 bits per heavy atom. The SMILES string of the molecule is COCCNCC(=O)Nc1cc(C(C)(C)C)nn1-c1ccc(C)cc1.Cl. The van der Waals surface area contributed by atoms with Crippen LogP contribution in [0.1, 0.15) is 32.0 Å². The fraction of sp³-hybridized carbons (Fsp3) is 0.474. The second kappa shape index (κ2) is 9.71. The van der Waals surface area contributed by atoms with Gasteiger partial charge in [0.05, 0.1) is 24.5 Å². The molecule has 0 bridgehead atoms. The number of nitrogens with zero attached hydrogens (tertiary/aromatic N) is 2. The van der Waals surface area contributed by atoms with E-state index < -0.39 is 0 Å². The van der Waals surface area contributed by atoms with Gasteiger partial charge in [-0.3, -0.25) is 4.79 Å². The molecule has 1 amide bonds. The van der Waals surface area contributed by atoms with Crippen molar-refractivity contribution < 1.29 is 9.53 Å². The van der Waals surface area contributed by atoms with Gasteiger partial charge in [-0.25, -0.2) is 4.68 Å². The molecule has 0 saturated carbocycles. The Hall–Kier alpha value is -1.89. The summed E-state index contributed by atoms with van der Waals surface area (Å²) in [5.41, 5.74) is 2.92. The summed E-state index contributed by atoms with van der Waals surface area (Å²) >= 11 is 0. The van der Waals surface area contributed by atoms with Crippen molar-refractivity contribution in [3.05, 3.63) is 41.6 Å². The first-order valence-electron chi connectivity index (χ1n) is 8.48. The number of hydrogen-bond acceptors (Lipinski definition) is 4. The van der Waals surface area contributed by atoms with Crippen LogP contribution in [0.2, 0.25) is 0 Å². The second-order valence-corrected chi connectivity index (χ2v) is 7.13. The van der Waals surface area contributed by atoms with Gasteiger partial charge in [0.15, 0.2) is 0 Å². The first-order valence-corrected chi connectivity index (χ1v) is 8.48. The third kappa shape index (κ3) is 6.12. The summed E-state index contributed by atoms with van der Waals surface area (Å²) in [6.45, 7) is 9.79. The number of amides is 1. The number of rotatable bonds is 7. The van der Waals surface area contributed by atoms with Crippen LogP contribution in [0, 0.1) is 6.92 Å². The van der Waals surface area contributed by atoms with E-state index in [2.05, 4.69) is 31.4 Å². The lowest BCUT2D eigenvalue weighted by molar-refractivity contribution is -0.115. The number of halogens is 1. The highest BCUT2D eigenvalue weighted by Gasteiger charge is 2.21. The van der Waals surface area contributed by atoms with Crippen LogP contribution >= 0.6 is 12.4 Å². The third-order valence-corrected chi connectivity index (χ3v) is 3.79. The number of ether oxygens (including phenoxy) is 1. The van der Waals surface area contributed by atoms with Gasteiger partial charge in [-0.05, 0) is 19.1 Å². The summed E-state index contributed by atoms with van der Waals surface area (Å²) in [5.74, 6) is 0.567. The van der Waals surface area contributed by atoms with Crippen LogP contribution in [0.25, 0.3) is 5.69 Å². The van der Waals surface area contributed by atoms with Crippen LogP contribution in [0.15, 0.2) is 30.3 Å². The molecule has 6 nitrogen and oxygen atoms in total. The Morgan fingerprint density at radius 3 is 2.46 bits per heavy atom. The first kappa shape index (κ1) is 22.2. The predicted octanol–water partition coefficient (Wildman–Crippen LogP) is 3.07. The normalized spacial score (nSPS) is 11.1. The highest BCUT2D eigenvalue weighted by molar-refractivity contribution is 5.91. The van der Waals surface area contributed by atoms with E-state index in [4.69, 9.17) is 9.84 Å². The molecule has 2 aromatic rings. The van der Waals surface area contributed by atoms with Gasteiger partial charge in [0.1, 0.15) is 5.82 Å². The molecule has 0 radical (unpaired) electrons. The lowest BCUT2D eigenvalue weighted by Crippen LogP contribution is -2.30. The Labute approximate surface area is 161 Å². The van der Waals surface area contributed by atoms with Gasteiger partial charge in [-0.1, -0.05) is 38.5 Å². The quantitative estimate of drug-likeness (QED) is 0.724. The van der Waals surface area contributed by atoms with Gasteiger partial charge < -0.3 is 15.4 Å². The van der Waals surface area contributed by atoms with Gasteiger partial charge in [-0.2, -0.15) is 5.10 Å². The predicted molar refractivity (Wildman–Crippen MR) is 108 cm³/mol. The minimum Gasteiger partial charge on any atom is -0.383 e. The molecule has 0 unspecified atom stereocenters. The van der Waals surface area contributed by atoms with Crippen molar-refractivity contribution in [2.24, 2.45) is 0 Å². The highest BCUT2D eigenvalue weighted by atomic mass is 35.5. The second-order valence-electron chi connectivity index (χ2n) is 7.13. The lowest BCUT2D eigenvalue weighted by Gasteiger charge is -2.14. The highest BCUT2D eigenvalue weighted by Crippen LogP contribution is 2.26. The van der Waals surface area contributed by atoms with Gasteiger partial charge in [0, 0.05) is 25.1 Å². The molecule has 0 aliphatic carbocycles. The molecule has 144 valence electrons. The molecule has 0 saturated heterocycles.